The van der Waals surface area contributed by atoms with Crippen molar-refractivity contribution in [3.8, 4) is 0 Å². The van der Waals surface area contributed by atoms with Crippen molar-refractivity contribution in [2.24, 2.45) is 0 Å². The first kappa shape index (κ1) is 10.6. The van der Waals surface area contributed by atoms with E-state index in [-0.39, 0.29) is 5.78 Å². The number of carbonyl (C=O) groups excluding carboxylic acids is 1. The number of rotatable bonds is 3. The van der Waals surface area contributed by atoms with Gasteiger partial charge in [-0.15, -0.1) is 11.3 Å². The van der Waals surface area contributed by atoms with E-state index in [2.05, 4.69) is 4.90 Å². The molecular formula is C13H13NO2S. The summed E-state index contributed by atoms with van der Waals surface area (Å²) in [7, 11) is 0. The summed E-state index contributed by atoms with van der Waals surface area (Å²) in [6, 6.07) is 7.37. The minimum Gasteiger partial charge on any atom is -0.437 e. The van der Waals surface area contributed by atoms with Crippen LogP contribution >= 0.6 is 11.3 Å². The molecule has 3 heterocycles. The molecule has 0 aromatic carbocycles. The van der Waals surface area contributed by atoms with Crippen molar-refractivity contribution in [3.63, 3.8) is 0 Å². The Bertz CT molecular complexity index is 509. The van der Waals surface area contributed by atoms with Gasteiger partial charge in [-0.1, -0.05) is 6.07 Å². The van der Waals surface area contributed by atoms with Crippen molar-refractivity contribution in [2.75, 3.05) is 18.0 Å². The zero-order valence-electron chi connectivity index (χ0n) is 9.39. The third-order valence-electron chi connectivity index (χ3n) is 2.98. The Morgan fingerprint density at radius 1 is 1.24 bits per heavy atom. The summed E-state index contributed by atoms with van der Waals surface area (Å²) in [5, 5.41) is 1.90. The van der Waals surface area contributed by atoms with Gasteiger partial charge in [0.2, 0.25) is 5.78 Å². The molecule has 1 aliphatic rings. The first-order chi connectivity index (χ1) is 8.34. The second-order valence-electron chi connectivity index (χ2n) is 4.14. The highest BCUT2D eigenvalue weighted by Crippen LogP contribution is 2.25. The average molecular weight is 247 g/mol. The summed E-state index contributed by atoms with van der Waals surface area (Å²) in [6.07, 6.45) is 2.41. The first-order valence-corrected chi connectivity index (χ1v) is 6.65. The molecule has 3 rings (SSSR count). The van der Waals surface area contributed by atoms with Crippen LogP contribution in [0.25, 0.3) is 0 Å². The van der Waals surface area contributed by atoms with E-state index in [4.69, 9.17) is 4.42 Å². The number of carbonyl (C=O) groups is 1. The van der Waals surface area contributed by atoms with Gasteiger partial charge in [0, 0.05) is 19.2 Å². The van der Waals surface area contributed by atoms with E-state index in [1.165, 1.54) is 24.2 Å². The minimum absolute atomic E-state index is 0.0227. The summed E-state index contributed by atoms with van der Waals surface area (Å²) in [6.45, 7) is 2.06. The lowest BCUT2D eigenvalue weighted by atomic mass is 10.2. The maximum Gasteiger partial charge on any atom is 0.238 e. The molecule has 4 heteroatoms. The fraction of sp³-hybridized carbons (Fsp3) is 0.308. The van der Waals surface area contributed by atoms with Crippen LogP contribution in [-0.2, 0) is 0 Å². The molecule has 0 amide bonds. The first-order valence-electron chi connectivity index (χ1n) is 5.77. The minimum atomic E-state index is -0.0227. The van der Waals surface area contributed by atoms with Gasteiger partial charge in [0.05, 0.1) is 4.88 Å². The molecule has 17 heavy (non-hydrogen) atoms. The topological polar surface area (TPSA) is 33.5 Å². The van der Waals surface area contributed by atoms with Crippen molar-refractivity contribution in [1.82, 2.24) is 0 Å². The zero-order valence-corrected chi connectivity index (χ0v) is 10.2. The van der Waals surface area contributed by atoms with Gasteiger partial charge >= 0.3 is 0 Å². The van der Waals surface area contributed by atoms with Crippen LogP contribution < -0.4 is 4.90 Å². The fourth-order valence-corrected chi connectivity index (χ4v) is 2.75. The van der Waals surface area contributed by atoms with E-state index >= 15 is 0 Å². The Kier molecular flexibility index (Phi) is 2.73. The van der Waals surface area contributed by atoms with Crippen molar-refractivity contribution in [1.29, 1.82) is 0 Å². The van der Waals surface area contributed by atoms with Crippen molar-refractivity contribution < 1.29 is 9.21 Å². The van der Waals surface area contributed by atoms with Crippen LogP contribution in [-0.4, -0.2) is 18.9 Å². The Morgan fingerprint density at radius 3 is 2.76 bits per heavy atom. The standard InChI is InChI=1S/C13H13NO2S/c15-13(11-4-3-9-17-11)10-5-6-12(16-10)14-7-1-2-8-14/h3-6,9H,1-2,7-8H2. The van der Waals surface area contributed by atoms with E-state index in [1.54, 1.807) is 6.07 Å². The van der Waals surface area contributed by atoms with E-state index in [0.29, 0.717) is 5.76 Å². The van der Waals surface area contributed by atoms with Gasteiger partial charge in [0.25, 0.3) is 0 Å². The number of ketones is 1. The summed E-state index contributed by atoms with van der Waals surface area (Å²) in [5.74, 6) is 1.24. The third-order valence-corrected chi connectivity index (χ3v) is 3.85. The second-order valence-corrected chi connectivity index (χ2v) is 5.09. The quantitative estimate of drug-likeness (QED) is 0.781. The van der Waals surface area contributed by atoms with Gasteiger partial charge in [-0.25, -0.2) is 0 Å². The smallest absolute Gasteiger partial charge is 0.238 e. The lowest BCUT2D eigenvalue weighted by molar-refractivity contribution is 0.101. The molecule has 1 aliphatic heterocycles. The van der Waals surface area contributed by atoms with Gasteiger partial charge in [-0.05, 0) is 30.4 Å². The molecule has 0 saturated carbocycles. The van der Waals surface area contributed by atoms with E-state index in [9.17, 15) is 4.79 Å². The molecule has 0 spiro atoms. The molecule has 1 saturated heterocycles. The van der Waals surface area contributed by atoms with Crippen LogP contribution in [0.3, 0.4) is 0 Å². The average Bonchev–Trinajstić information content (AvgIpc) is 3.09. The monoisotopic (exact) mass is 247 g/mol. The number of nitrogens with zero attached hydrogens (tertiary/aromatic N) is 1. The lowest BCUT2D eigenvalue weighted by Crippen LogP contribution is -2.16. The molecule has 0 bridgehead atoms. The van der Waals surface area contributed by atoms with Crippen LogP contribution in [0.4, 0.5) is 5.88 Å². The van der Waals surface area contributed by atoms with E-state index < -0.39 is 0 Å². The predicted octanol–water partition coefficient (Wildman–Crippen LogP) is 3.17. The van der Waals surface area contributed by atoms with Crippen LogP contribution in [0.1, 0.15) is 28.3 Å². The second kappa shape index (κ2) is 4.37. The zero-order chi connectivity index (χ0) is 11.7. The Morgan fingerprint density at radius 2 is 2.06 bits per heavy atom. The van der Waals surface area contributed by atoms with E-state index in [1.807, 2.05) is 23.6 Å². The molecule has 0 aliphatic carbocycles. The highest BCUT2D eigenvalue weighted by Gasteiger charge is 2.19. The van der Waals surface area contributed by atoms with Crippen LogP contribution in [0.15, 0.2) is 34.1 Å². The summed E-state index contributed by atoms with van der Waals surface area (Å²) in [5.41, 5.74) is 0. The van der Waals surface area contributed by atoms with Gasteiger partial charge < -0.3 is 9.32 Å². The molecule has 0 atom stereocenters. The molecular weight excluding hydrogens is 234 g/mol. The largest absolute Gasteiger partial charge is 0.437 e. The van der Waals surface area contributed by atoms with Crippen LogP contribution in [0, 0.1) is 0 Å². The molecule has 0 unspecified atom stereocenters. The molecule has 0 radical (unpaired) electrons. The fourth-order valence-electron chi connectivity index (χ4n) is 2.09. The van der Waals surface area contributed by atoms with Gasteiger partial charge in [-0.2, -0.15) is 0 Å². The van der Waals surface area contributed by atoms with Crippen molar-refractivity contribution in [2.45, 2.75) is 12.8 Å². The van der Waals surface area contributed by atoms with Gasteiger partial charge in [-0.3, -0.25) is 4.79 Å². The normalized spacial score (nSPS) is 15.4. The SMILES string of the molecule is O=C(c1ccc(N2CCCC2)o1)c1cccs1. The summed E-state index contributed by atoms with van der Waals surface area (Å²) >= 11 is 1.44. The van der Waals surface area contributed by atoms with Crippen molar-refractivity contribution >= 4 is 23.0 Å². The lowest BCUT2D eigenvalue weighted by Gasteiger charge is -2.12. The third kappa shape index (κ3) is 2.00. The Hall–Kier alpha value is -1.55. The maximum atomic E-state index is 12.0. The molecule has 2 aromatic heterocycles. The number of hydrogen-bond donors (Lipinski definition) is 0. The molecule has 2 aromatic rings. The van der Waals surface area contributed by atoms with Crippen LogP contribution in [0.5, 0.6) is 0 Å². The molecule has 0 N–H and O–H groups in total. The highest BCUT2D eigenvalue weighted by molar-refractivity contribution is 7.12. The summed E-state index contributed by atoms with van der Waals surface area (Å²) < 4.78 is 5.64. The molecule has 3 nitrogen and oxygen atoms in total. The van der Waals surface area contributed by atoms with Gasteiger partial charge in [0.1, 0.15) is 0 Å². The summed E-state index contributed by atoms with van der Waals surface area (Å²) in [4.78, 5) is 14.9. The molecule has 88 valence electrons. The van der Waals surface area contributed by atoms with E-state index in [0.717, 1.165) is 23.9 Å². The van der Waals surface area contributed by atoms with Gasteiger partial charge in [0.15, 0.2) is 11.6 Å². The Labute approximate surface area is 104 Å². The van der Waals surface area contributed by atoms with Crippen LogP contribution in [0.2, 0.25) is 0 Å². The highest BCUT2D eigenvalue weighted by atomic mass is 32.1. The number of thiophene rings is 1. The molecule has 1 fully saturated rings. The number of anilines is 1. The number of furan rings is 1. The predicted molar refractivity (Wildman–Crippen MR) is 67.9 cm³/mol. The number of hydrogen-bond acceptors (Lipinski definition) is 4. The van der Waals surface area contributed by atoms with Crippen molar-refractivity contribution in [3.05, 3.63) is 40.3 Å². The maximum absolute atomic E-state index is 12.0. The Balaban J connectivity index is 1.82.